The highest BCUT2D eigenvalue weighted by atomic mass is 19.5. The molecule has 5 heteroatoms. The molecule has 0 atom stereocenters. The van der Waals surface area contributed by atoms with E-state index >= 15 is 0 Å². The van der Waals surface area contributed by atoms with E-state index in [4.69, 9.17) is 0 Å². The number of fused-ring (bicyclic) bond motifs is 6. The van der Waals surface area contributed by atoms with E-state index in [1.807, 2.05) is 0 Å². The first-order chi connectivity index (χ1) is 12.8. The maximum Gasteiger partial charge on any atom is 0.673 e. The van der Waals surface area contributed by atoms with Crippen molar-refractivity contribution in [2.45, 2.75) is 19.3 Å². The Kier molecular flexibility index (Phi) is 5.89. The van der Waals surface area contributed by atoms with Crippen molar-refractivity contribution in [1.29, 1.82) is 0 Å². The molecular weight excluding hydrogens is 351 g/mol. The summed E-state index contributed by atoms with van der Waals surface area (Å²) in [6.07, 6.45) is 32.1. The normalized spacial score (nSPS) is 20.6. The van der Waals surface area contributed by atoms with E-state index < -0.39 is 7.25 Å². The van der Waals surface area contributed by atoms with Gasteiger partial charge in [0.25, 0.3) is 0 Å². The maximum absolute atomic E-state index is 9.75. The summed E-state index contributed by atoms with van der Waals surface area (Å²) in [4.78, 5) is 0. The molecule has 0 aromatic rings. The first-order valence-corrected chi connectivity index (χ1v) is 8.79. The molecule has 0 spiro atoms. The van der Waals surface area contributed by atoms with Gasteiger partial charge in [0.1, 0.15) is 0 Å². The minimum absolute atomic E-state index is 1.01. The van der Waals surface area contributed by atoms with Crippen molar-refractivity contribution in [3.05, 3.63) is 113 Å². The summed E-state index contributed by atoms with van der Waals surface area (Å²) >= 11 is 0. The second kappa shape index (κ2) is 8.34. The lowest BCUT2D eigenvalue weighted by molar-refractivity contribution is 0.368. The molecule has 6 bridgehead atoms. The molecule has 27 heavy (non-hydrogen) atoms. The smallest absolute Gasteiger partial charge is 0.418 e. The van der Waals surface area contributed by atoms with Crippen molar-refractivity contribution in [2.24, 2.45) is 0 Å². The fourth-order valence-corrected chi connectivity index (χ4v) is 3.36. The van der Waals surface area contributed by atoms with E-state index in [0.717, 1.165) is 19.3 Å². The number of allylic oxidation sites excluding steroid dienone is 18. The van der Waals surface area contributed by atoms with Gasteiger partial charge in [-0.25, -0.2) is 0 Å². The van der Waals surface area contributed by atoms with Gasteiger partial charge >= 0.3 is 7.25 Å². The van der Waals surface area contributed by atoms with E-state index in [1.54, 1.807) is 0 Å². The molecule has 4 aliphatic rings. The summed E-state index contributed by atoms with van der Waals surface area (Å²) in [5, 5.41) is 0. The zero-order valence-electron chi connectivity index (χ0n) is 14.7. The van der Waals surface area contributed by atoms with Gasteiger partial charge in [-0.2, -0.15) is 0 Å². The Balaban J connectivity index is 0.000000376. The highest BCUT2D eigenvalue weighted by Gasteiger charge is 2.20. The number of halogens is 4. The summed E-state index contributed by atoms with van der Waals surface area (Å²) in [6.45, 7) is 0. The van der Waals surface area contributed by atoms with Gasteiger partial charge in [0, 0.05) is 42.7 Å². The third-order valence-electron chi connectivity index (χ3n) is 4.28. The fraction of sp³-hybridized carbons (Fsp3) is 0.136. The van der Waals surface area contributed by atoms with Crippen LogP contribution in [0.1, 0.15) is 19.3 Å². The van der Waals surface area contributed by atoms with Gasteiger partial charge in [0.05, 0.1) is 0 Å². The molecule has 0 nitrogen and oxygen atoms in total. The third-order valence-corrected chi connectivity index (χ3v) is 4.28. The first kappa shape index (κ1) is 19.1. The van der Waals surface area contributed by atoms with Crippen molar-refractivity contribution >= 4 is 7.25 Å². The molecule has 0 heterocycles. The first-order valence-electron chi connectivity index (χ1n) is 8.79. The van der Waals surface area contributed by atoms with Gasteiger partial charge in [-0.3, -0.25) is 0 Å². The van der Waals surface area contributed by atoms with Crippen LogP contribution in [0.25, 0.3) is 0 Å². The minimum Gasteiger partial charge on any atom is -0.418 e. The van der Waals surface area contributed by atoms with Crippen LogP contribution in [-0.2, 0) is 0 Å². The van der Waals surface area contributed by atoms with Crippen molar-refractivity contribution in [2.75, 3.05) is 0 Å². The largest absolute Gasteiger partial charge is 0.673 e. The monoisotopic (exact) mass is 370 g/mol. The second-order valence-corrected chi connectivity index (χ2v) is 6.68. The lowest BCUT2D eigenvalue weighted by Gasteiger charge is -2.16. The van der Waals surface area contributed by atoms with Gasteiger partial charge < -0.3 is 17.3 Å². The quantitative estimate of drug-likeness (QED) is 0.246. The van der Waals surface area contributed by atoms with E-state index in [-0.39, 0.29) is 0 Å². The summed E-state index contributed by atoms with van der Waals surface area (Å²) in [6, 6.07) is 0. The summed E-state index contributed by atoms with van der Waals surface area (Å²) in [5.41, 5.74) is 8.38. The molecule has 0 aromatic heterocycles. The van der Waals surface area contributed by atoms with Gasteiger partial charge in [-0.15, -0.1) is 0 Å². The molecule has 4 rings (SSSR count). The van der Waals surface area contributed by atoms with E-state index in [0.29, 0.717) is 0 Å². The predicted molar refractivity (Wildman–Crippen MR) is 104 cm³/mol. The van der Waals surface area contributed by atoms with E-state index in [9.17, 15) is 17.3 Å². The van der Waals surface area contributed by atoms with Gasteiger partial charge in [-0.1, -0.05) is 42.5 Å². The van der Waals surface area contributed by atoms with Crippen molar-refractivity contribution in [1.82, 2.24) is 0 Å². The van der Waals surface area contributed by atoms with Gasteiger partial charge in [-0.05, 0) is 46.8 Å². The molecule has 0 amide bonds. The van der Waals surface area contributed by atoms with Crippen LogP contribution in [-0.4, -0.2) is 7.25 Å². The molecule has 4 aliphatic carbocycles. The van der Waals surface area contributed by atoms with Crippen molar-refractivity contribution < 1.29 is 17.3 Å². The number of hydrogen-bond donors (Lipinski definition) is 0. The lowest BCUT2D eigenvalue weighted by atomic mass is 9.87. The second-order valence-electron chi connectivity index (χ2n) is 6.68. The highest BCUT2D eigenvalue weighted by molar-refractivity contribution is 6.50. The Bertz CT molecular complexity index is 862. The molecule has 0 fully saturated rings. The number of hydrogen-bond acceptors (Lipinski definition) is 0. The molecule has 0 aromatic carbocycles. The fourth-order valence-electron chi connectivity index (χ4n) is 3.36. The van der Waals surface area contributed by atoms with Crippen molar-refractivity contribution in [3.8, 4) is 0 Å². The topological polar surface area (TPSA) is 0 Å². The Labute approximate surface area is 157 Å². The molecule has 0 saturated heterocycles. The molecule has 0 radical (unpaired) electrons. The van der Waals surface area contributed by atoms with E-state index in [1.165, 1.54) is 33.4 Å². The van der Waals surface area contributed by atoms with Crippen LogP contribution in [0.5, 0.6) is 0 Å². The summed E-state index contributed by atoms with van der Waals surface area (Å²) < 4.78 is 39.0. The van der Waals surface area contributed by atoms with Crippen LogP contribution in [0, 0.1) is 6.42 Å². The minimum atomic E-state index is -6.00. The Hall–Kier alpha value is -2.69. The Morgan fingerprint density at radius 2 is 1.11 bits per heavy atom. The van der Waals surface area contributed by atoms with Crippen LogP contribution >= 0.6 is 0 Å². The van der Waals surface area contributed by atoms with Crippen LogP contribution in [0.4, 0.5) is 17.3 Å². The zero-order valence-corrected chi connectivity index (χ0v) is 14.7. The zero-order chi connectivity index (χ0) is 19.3. The molecule has 0 aliphatic heterocycles. The molecular formula is C22H19BF4. The van der Waals surface area contributed by atoms with Crippen LogP contribution in [0.3, 0.4) is 0 Å². The Morgan fingerprint density at radius 1 is 0.630 bits per heavy atom. The van der Waals surface area contributed by atoms with Gasteiger partial charge in [0.15, 0.2) is 0 Å². The average Bonchev–Trinajstić information content (AvgIpc) is 2.72. The number of rotatable bonds is 0. The SMILES string of the molecule is C1=C[CH+]C=C2C=C3C=C4C=CC=CC(=CC(=CC(=C1)C2)C3)C4.F[B-](F)(F)F. The van der Waals surface area contributed by atoms with Gasteiger partial charge in [0.2, 0.25) is 0 Å². The third kappa shape index (κ3) is 6.52. The molecule has 138 valence electrons. The average molecular weight is 370 g/mol. The van der Waals surface area contributed by atoms with Crippen LogP contribution in [0.2, 0.25) is 0 Å². The summed E-state index contributed by atoms with van der Waals surface area (Å²) in [7, 11) is -6.00. The molecule has 0 saturated carbocycles. The highest BCUT2D eigenvalue weighted by Crippen LogP contribution is 2.32. The predicted octanol–water partition coefficient (Wildman–Crippen LogP) is 6.94. The Morgan fingerprint density at radius 3 is 1.74 bits per heavy atom. The summed E-state index contributed by atoms with van der Waals surface area (Å²) in [5.74, 6) is 0. The van der Waals surface area contributed by atoms with Crippen LogP contribution < -0.4 is 0 Å². The van der Waals surface area contributed by atoms with Crippen LogP contribution in [0.15, 0.2) is 106 Å². The molecule has 0 unspecified atom stereocenters. The lowest BCUT2D eigenvalue weighted by Crippen LogP contribution is -2.02. The maximum atomic E-state index is 9.75. The van der Waals surface area contributed by atoms with E-state index in [2.05, 4.69) is 79.3 Å². The molecule has 0 N–H and O–H groups in total. The standard InChI is InChI=1S/C22H19.BF4/c1-2-6-17-10-18(7-3-1)13-22-15-20-9-5-4-8-19(11-20)14-21(12-17)16-22;2-1(3,4)5/h1-9,12-15H,10-11,16H2;/q+1;-1. The van der Waals surface area contributed by atoms with Crippen molar-refractivity contribution in [3.63, 3.8) is 0 Å².